The molecular weight excluding hydrogens is 234 g/mol. The number of aliphatic hydroxyl groups is 1. The SMILES string of the molecule is COC(C)(C)C(O)Cn1nc2ccccn2c1=O. The summed E-state index contributed by atoms with van der Waals surface area (Å²) in [6.07, 6.45) is 0.833. The molecule has 0 saturated heterocycles. The Bertz CT molecular complexity index is 600. The van der Waals surface area contributed by atoms with E-state index < -0.39 is 11.7 Å². The zero-order chi connectivity index (χ0) is 13.3. The van der Waals surface area contributed by atoms with Gasteiger partial charge in [-0.25, -0.2) is 9.48 Å². The summed E-state index contributed by atoms with van der Waals surface area (Å²) in [6.45, 7) is 3.62. The van der Waals surface area contributed by atoms with Gasteiger partial charge in [-0.3, -0.25) is 4.40 Å². The smallest absolute Gasteiger partial charge is 0.350 e. The van der Waals surface area contributed by atoms with Gasteiger partial charge in [0.1, 0.15) is 6.10 Å². The van der Waals surface area contributed by atoms with Gasteiger partial charge in [0.15, 0.2) is 5.65 Å². The molecule has 98 valence electrons. The summed E-state index contributed by atoms with van der Waals surface area (Å²) in [5.74, 6) is 0. The van der Waals surface area contributed by atoms with Gasteiger partial charge in [0.25, 0.3) is 0 Å². The Morgan fingerprint density at radius 3 is 2.83 bits per heavy atom. The third-order valence-corrected chi connectivity index (χ3v) is 3.16. The van der Waals surface area contributed by atoms with E-state index in [4.69, 9.17) is 4.74 Å². The van der Waals surface area contributed by atoms with Crippen LogP contribution in [0.25, 0.3) is 5.65 Å². The fraction of sp³-hybridized carbons (Fsp3) is 0.500. The largest absolute Gasteiger partial charge is 0.388 e. The predicted molar refractivity (Wildman–Crippen MR) is 66.5 cm³/mol. The van der Waals surface area contributed by atoms with Gasteiger partial charge in [-0.2, -0.15) is 0 Å². The number of hydrogen-bond donors (Lipinski definition) is 1. The van der Waals surface area contributed by atoms with Gasteiger partial charge in [0.05, 0.1) is 12.1 Å². The van der Waals surface area contributed by atoms with E-state index in [0.717, 1.165) is 0 Å². The molecule has 18 heavy (non-hydrogen) atoms. The number of methoxy groups -OCH3 is 1. The van der Waals surface area contributed by atoms with Gasteiger partial charge in [-0.05, 0) is 26.0 Å². The van der Waals surface area contributed by atoms with Crippen LogP contribution in [-0.4, -0.2) is 38.1 Å². The minimum absolute atomic E-state index is 0.0986. The molecule has 0 aliphatic rings. The second-order valence-corrected chi connectivity index (χ2v) is 4.72. The fourth-order valence-electron chi connectivity index (χ4n) is 1.61. The molecule has 0 fully saturated rings. The van der Waals surface area contributed by atoms with Crippen molar-refractivity contribution < 1.29 is 9.84 Å². The van der Waals surface area contributed by atoms with Gasteiger partial charge < -0.3 is 9.84 Å². The van der Waals surface area contributed by atoms with Crippen LogP contribution in [0.4, 0.5) is 0 Å². The zero-order valence-corrected chi connectivity index (χ0v) is 10.7. The van der Waals surface area contributed by atoms with Crippen LogP contribution < -0.4 is 5.69 Å². The van der Waals surface area contributed by atoms with Gasteiger partial charge in [0, 0.05) is 13.3 Å². The first-order valence-electron chi connectivity index (χ1n) is 5.73. The third kappa shape index (κ3) is 2.16. The third-order valence-electron chi connectivity index (χ3n) is 3.16. The molecule has 2 aromatic heterocycles. The molecule has 6 heteroatoms. The molecular formula is C12H17N3O3. The van der Waals surface area contributed by atoms with Crippen LogP contribution in [0.1, 0.15) is 13.8 Å². The molecule has 1 unspecified atom stereocenters. The summed E-state index contributed by atoms with van der Waals surface area (Å²) in [4.78, 5) is 12.0. The highest BCUT2D eigenvalue weighted by Gasteiger charge is 2.28. The Kier molecular flexibility index (Phi) is 3.23. The molecule has 1 N–H and O–H groups in total. The first-order chi connectivity index (χ1) is 8.45. The second kappa shape index (κ2) is 4.55. The lowest BCUT2D eigenvalue weighted by molar-refractivity contribution is -0.0846. The molecule has 0 radical (unpaired) electrons. The summed E-state index contributed by atoms with van der Waals surface area (Å²) < 4.78 is 7.87. The van der Waals surface area contributed by atoms with E-state index in [1.807, 2.05) is 6.07 Å². The van der Waals surface area contributed by atoms with Gasteiger partial charge >= 0.3 is 5.69 Å². The maximum absolute atomic E-state index is 12.0. The number of nitrogens with zero attached hydrogens (tertiary/aromatic N) is 3. The first-order valence-corrected chi connectivity index (χ1v) is 5.73. The van der Waals surface area contributed by atoms with Crippen molar-refractivity contribution >= 4 is 5.65 Å². The normalized spacial score (nSPS) is 14.0. The van der Waals surface area contributed by atoms with Crippen molar-refractivity contribution in [2.24, 2.45) is 0 Å². The van der Waals surface area contributed by atoms with E-state index >= 15 is 0 Å². The highest BCUT2D eigenvalue weighted by atomic mass is 16.5. The maximum Gasteiger partial charge on any atom is 0.350 e. The van der Waals surface area contributed by atoms with Crippen molar-refractivity contribution in [2.75, 3.05) is 7.11 Å². The summed E-state index contributed by atoms with van der Waals surface area (Å²) in [5.41, 5.74) is -0.434. The standard InChI is InChI=1S/C12H17N3O3/c1-12(2,18-3)9(16)8-15-11(17)14-7-5-4-6-10(14)13-15/h4-7,9,16H,8H2,1-3H3. The van der Waals surface area contributed by atoms with Crippen LogP contribution in [0.15, 0.2) is 29.2 Å². The van der Waals surface area contributed by atoms with Crippen molar-refractivity contribution in [1.82, 2.24) is 14.2 Å². The van der Waals surface area contributed by atoms with Crippen LogP contribution in [0.5, 0.6) is 0 Å². The van der Waals surface area contributed by atoms with Crippen LogP contribution in [-0.2, 0) is 11.3 Å². The van der Waals surface area contributed by atoms with Crippen LogP contribution in [0.3, 0.4) is 0 Å². The van der Waals surface area contributed by atoms with Crippen molar-refractivity contribution in [3.63, 3.8) is 0 Å². The Morgan fingerprint density at radius 1 is 1.50 bits per heavy atom. The van der Waals surface area contributed by atoms with Gasteiger partial charge in [-0.15, -0.1) is 5.10 Å². The van der Waals surface area contributed by atoms with E-state index in [2.05, 4.69) is 5.10 Å². The molecule has 1 atom stereocenters. The summed E-state index contributed by atoms with van der Waals surface area (Å²) in [5, 5.41) is 14.2. The van der Waals surface area contributed by atoms with Gasteiger partial charge in [-0.1, -0.05) is 6.07 Å². The maximum atomic E-state index is 12.0. The first kappa shape index (κ1) is 12.8. The van der Waals surface area contributed by atoms with Crippen LogP contribution >= 0.6 is 0 Å². The summed E-state index contributed by atoms with van der Waals surface area (Å²) in [6, 6.07) is 5.31. The molecule has 2 heterocycles. The van der Waals surface area contributed by atoms with Gasteiger partial charge in [0.2, 0.25) is 0 Å². The minimum Gasteiger partial charge on any atom is -0.388 e. The molecule has 0 spiro atoms. The van der Waals surface area contributed by atoms with Crippen LogP contribution in [0, 0.1) is 0 Å². The lowest BCUT2D eigenvalue weighted by Crippen LogP contribution is -2.42. The molecule has 0 amide bonds. The van der Waals surface area contributed by atoms with Crippen LogP contribution in [0.2, 0.25) is 0 Å². The second-order valence-electron chi connectivity index (χ2n) is 4.72. The molecule has 0 aliphatic carbocycles. The average Bonchev–Trinajstić information content (AvgIpc) is 2.67. The number of ether oxygens (including phenoxy) is 1. The van der Waals surface area contributed by atoms with E-state index in [1.165, 1.54) is 16.2 Å². The number of aliphatic hydroxyl groups excluding tert-OH is 1. The number of pyridine rings is 1. The highest BCUT2D eigenvalue weighted by Crippen LogP contribution is 2.14. The average molecular weight is 251 g/mol. The Morgan fingerprint density at radius 2 is 2.22 bits per heavy atom. The molecule has 6 nitrogen and oxygen atoms in total. The Hall–Kier alpha value is -1.66. The molecule has 0 saturated carbocycles. The minimum atomic E-state index is -0.815. The molecule has 0 aliphatic heterocycles. The summed E-state index contributed by atoms with van der Waals surface area (Å²) in [7, 11) is 1.52. The monoisotopic (exact) mass is 251 g/mol. The van der Waals surface area contributed by atoms with Crippen molar-refractivity contribution in [3.05, 3.63) is 34.9 Å². The van der Waals surface area contributed by atoms with E-state index in [0.29, 0.717) is 5.65 Å². The lowest BCUT2D eigenvalue weighted by Gasteiger charge is -2.28. The summed E-state index contributed by atoms with van der Waals surface area (Å²) >= 11 is 0. The molecule has 0 bridgehead atoms. The number of rotatable bonds is 4. The molecule has 2 aromatic rings. The fourth-order valence-corrected chi connectivity index (χ4v) is 1.61. The zero-order valence-electron chi connectivity index (χ0n) is 10.7. The van der Waals surface area contributed by atoms with E-state index in [1.54, 1.807) is 32.2 Å². The van der Waals surface area contributed by atoms with Crippen molar-refractivity contribution in [3.8, 4) is 0 Å². The molecule has 2 rings (SSSR count). The molecule has 0 aromatic carbocycles. The van der Waals surface area contributed by atoms with E-state index in [9.17, 15) is 9.90 Å². The topological polar surface area (TPSA) is 68.8 Å². The quantitative estimate of drug-likeness (QED) is 0.847. The van der Waals surface area contributed by atoms with Crippen molar-refractivity contribution in [1.29, 1.82) is 0 Å². The number of aromatic nitrogens is 3. The lowest BCUT2D eigenvalue weighted by atomic mass is 10.0. The van der Waals surface area contributed by atoms with E-state index in [-0.39, 0.29) is 12.2 Å². The Balaban J connectivity index is 2.33. The predicted octanol–water partition coefficient (Wildman–Crippen LogP) is 0.282. The van der Waals surface area contributed by atoms with Crippen molar-refractivity contribution in [2.45, 2.75) is 32.1 Å². The number of fused-ring (bicyclic) bond motifs is 1. The highest BCUT2D eigenvalue weighted by molar-refractivity contribution is 5.35. The Labute approximate surface area is 104 Å². The number of hydrogen-bond acceptors (Lipinski definition) is 4.